The standard InChI is InChI=1S/C20H30N2O3/c21-12-6-2-1-3-7-19(23)22-20(10-4-5-11-20)16-8-9-17-18(15-16)25-14-13-24-17/h8-9,15H,1-7,10-14,21H2,(H,22,23). The SMILES string of the molecule is NCCCCCCC(=O)NC1(c2ccc3c(c2)OCCO3)CCCC1. The molecular formula is C20H30N2O3. The van der Waals surface area contributed by atoms with Crippen molar-refractivity contribution in [1.82, 2.24) is 5.32 Å². The van der Waals surface area contributed by atoms with E-state index in [0.717, 1.165) is 75.0 Å². The fourth-order valence-corrected chi connectivity index (χ4v) is 3.92. The van der Waals surface area contributed by atoms with Crippen LogP contribution in [0.2, 0.25) is 0 Å². The Morgan fingerprint density at radius 2 is 1.76 bits per heavy atom. The molecule has 1 amide bonds. The molecule has 1 aliphatic carbocycles. The van der Waals surface area contributed by atoms with E-state index in [1.807, 2.05) is 6.07 Å². The Bertz CT molecular complexity index is 582. The molecule has 138 valence electrons. The molecule has 0 radical (unpaired) electrons. The van der Waals surface area contributed by atoms with Gasteiger partial charge in [0.2, 0.25) is 5.91 Å². The topological polar surface area (TPSA) is 73.6 Å². The molecule has 1 aliphatic heterocycles. The van der Waals surface area contributed by atoms with E-state index in [1.54, 1.807) is 0 Å². The Kier molecular flexibility index (Phi) is 6.19. The number of hydrogen-bond donors (Lipinski definition) is 2. The monoisotopic (exact) mass is 346 g/mol. The lowest BCUT2D eigenvalue weighted by atomic mass is 9.87. The van der Waals surface area contributed by atoms with Crippen LogP contribution in [0.15, 0.2) is 18.2 Å². The quantitative estimate of drug-likeness (QED) is 0.709. The van der Waals surface area contributed by atoms with Crippen LogP contribution in [0.3, 0.4) is 0 Å². The van der Waals surface area contributed by atoms with Crippen LogP contribution < -0.4 is 20.5 Å². The van der Waals surface area contributed by atoms with E-state index in [9.17, 15) is 4.79 Å². The van der Waals surface area contributed by atoms with Crippen LogP contribution in [0, 0.1) is 0 Å². The van der Waals surface area contributed by atoms with Crippen molar-refractivity contribution < 1.29 is 14.3 Å². The third-order valence-corrected chi connectivity index (χ3v) is 5.29. The van der Waals surface area contributed by atoms with Gasteiger partial charge in [-0.2, -0.15) is 0 Å². The maximum Gasteiger partial charge on any atom is 0.220 e. The number of fused-ring (bicyclic) bond motifs is 1. The summed E-state index contributed by atoms with van der Waals surface area (Å²) in [5, 5.41) is 3.35. The first-order valence-electron chi connectivity index (χ1n) is 9.65. The van der Waals surface area contributed by atoms with Crippen LogP contribution in [0.25, 0.3) is 0 Å². The predicted molar refractivity (Wildman–Crippen MR) is 97.9 cm³/mol. The fourth-order valence-electron chi connectivity index (χ4n) is 3.92. The Balaban J connectivity index is 1.64. The number of benzene rings is 1. The molecule has 1 aromatic carbocycles. The Morgan fingerprint density at radius 3 is 2.52 bits per heavy atom. The zero-order chi connectivity index (χ0) is 17.5. The summed E-state index contributed by atoms with van der Waals surface area (Å²) in [6.45, 7) is 1.91. The number of ether oxygens (including phenoxy) is 2. The van der Waals surface area contributed by atoms with Gasteiger partial charge >= 0.3 is 0 Å². The maximum absolute atomic E-state index is 12.5. The number of nitrogens with one attached hydrogen (secondary N) is 1. The molecule has 0 spiro atoms. The van der Waals surface area contributed by atoms with Gasteiger partial charge in [0.05, 0.1) is 5.54 Å². The van der Waals surface area contributed by atoms with Crippen molar-refractivity contribution in [3.8, 4) is 11.5 Å². The third kappa shape index (κ3) is 4.46. The number of amides is 1. The van der Waals surface area contributed by atoms with Crippen LogP contribution in [0.1, 0.15) is 63.4 Å². The van der Waals surface area contributed by atoms with E-state index >= 15 is 0 Å². The number of carbonyl (C=O) groups is 1. The molecule has 1 saturated carbocycles. The fraction of sp³-hybridized carbons (Fsp3) is 0.650. The first kappa shape index (κ1) is 18.1. The number of carbonyl (C=O) groups excluding carboxylic acids is 1. The average Bonchev–Trinajstić information content (AvgIpc) is 3.10. The van der Waals surface area contributed by atoms with Crippen LogP contribution >= 0.6 is 0 Å². The van der Waals surface area contributed by atoms with E-state index in [0.29, 0.717) is 19.6 Å². The van der Waals surface area contributed by atoms with E-state index < -0.39 is 0 Å². The predicted octanol–water partition coefficient (Wildman–Crippen LogP) is 3.25. The summed E-state index contributed by atoms with van der Waals surface area (Å²) in [6.07, 6.45) is 9.02. The second-order valence-electron chi connectivity index (χ2n) is 7.15. The molecule has 0 bridgehead atoms. The minimum Gasteiger partial charge on any atom is -0.486 e. The van der Waals surface area contributed by atoms with Crippen LogP contribution in [0.5, 0.6) is 11.5 Å². The zero-order valence-electron chi connectivity index (χ0n) is 15.0. The van der Waals surface area contributed by atoms with Gasteiger partial charge in [-0.15, -0.1) is 0 Å². The highest BCUT2D eigenvalue weighted by Crippen LogP contribution is 2.42. The summed E-state index contributed by atoms with van der Waals surface area (Å²) in [5.74, 6) is 1.75. The molecule has 5 heteroatoms. The van der Waals surface area contributed by atoms with Crippen LogP contribution in [0.4, 0.5) is 0 Å². The molecule has 0 saturated heterocycles. The average molecular weight is 346 g/mol. The maximum atomic E-state index is 12.5. The summed E-state index contributed by atoms with van der Waals surface area (Å²) in [5.41, 5.74) is 6.41. The largest absolute Gasteiger partial charge is 0.486 e. The van der Waals surface area contributed by atoms with Gasteiger partial charge in [0.15, 0.2) is 11.5 Å². The normalized spacial score (nSPS) is 18.1. The molecular weight excluding hydrogens is 316 g/mol. The van der Waals surface area contributed by atoms with Gasteiger partial charge in [-0.3, -0.25) is 4.79 Å². The van der Waals surface area contributed by atoms with Crippen LogP contribution in [-0.2, 0) is 10.3 Å². The highest BCUT2D eigenvalue weighted by atomic mass is 16.6. The van der Waals surface area contributed by atoms with Crippen molar-refractivity contribution in [2.24, 2.45) is 5.73 Å². The molecule has 1 fully saturated rings. The van der Waals surface area contributed by atoms with Crippen molar-refractivity contribution in [3.63, 3.8) is 0 Å². The van der Waals surface area contributed by atoms with Gasteiger partial charge in [0, 0.05) is 6.42 Å². The summed E-state index contributed by atoms with van der Waals surface area (Å²) in [6, 6.07) is 6.12. The van der Waals surface area contributed by atoms with Crippen molar-refractivity contribution in [2.75, 3.05) is 19.8 Å². The second-order valence-corrected chi connectivity index (χ2v) is 7.15. The lowest BCUT2D eigenvalue weighted by Gasteiger charge is -2.32. The molecule has 3 rings (SSSR count). The molecule has 1 heterocycles. The van der Waals surface area contributed by atoms with Crippen molar-refractivity contribution in [2.45, 2.75) is 63.3 Å². The summed E-state index contributed by atoms with van der Waals surface area (Å²) >= 11 is 0. The van der Waals surface area contributed by atoms with Crippen molar-refractivity contribution in [1.29, 1.82) is 0 Å². The zero-order valence-corrected chi connectivity index (χ0v) is 15.0. The van der Waals surface area contributed by atoms with E-state index in [-0.39, 0.29) is 11.4 Å². The molecule has 25 heavy (non-hydrogen) atoms. The summed E-state index contributed by atoms with van der Waals surface area (Å²) < 4.78 is 11.3. The second kappa shape index (κ2) is 8.56. The number of unbranched alkanes of at least 4 members (excludes halogenated alkanes) is 3. The van der Waals surface area contributed by atoms with Gasteiger partial charge < -0.3 is 20.5 Å². The molecule has 0 unspecified atom stereocenters. The highest BCUT2D eigenvalue weighted by Gasteiger charge is 2.37. The Morgan fingerprint density at radius 1 is 1.04 bits per heavy atom. The molecule has 3 N–H and O–H groups in total. The van der Waals surface area contributed by atoms with Crippen molar-refractivity contribution in [3.05, 3.63) is 23.8 Å². The Hall–Kier alpha value is -1.75. The molecule has 0 atom stereocenters. The first-order chi connectivity index (χ1) is 12.2. The minimum absolute atomic E-state index is 0.157. The van der Waals surface area contributed by atoms with Crippen molar-refractivity contribution >= 4 is 5.91 Å². The van der Waals surface area contributed by atoms with Crippen LogP contribution in [-0.4, -0.2) is 25.7 Å². The molecule has 1 aromatic rings. The number of rotatable bonds is 8. The summed E-state index contributed by atoms with van der Waals surface area (Å²) in [4.78, 5) is 12.5. The summed E-state index contributed by atoms with van der Waals surface area (Å²) in [7, 11) is 0. The van der Waals surface area contributed by atoms with Gasteiger partial charge in [0.1, 0.15) is 13.2 Å². The van der Waals surface area contributed by atoms with E-state index in [2.05, 4.69) is 17.4 Å². The number of hydrogen-bond acceptors (Lipinski definition) is 4. The molecule has 2 aliphatic rings. The lowest BCUT2D eigenvalue weighted by molar-refractivity contribution is -0.123. The van der Waals surface area contributed by atoms with E-state index in [4.69, 9.17) is 15.2 Å². The molecule has 5 nitrogen and oxygen atoms in total. The highest BCUT2D eigenvalue weighted by molar-refractivity contribution is 5.77. The van der Waals surface area contributed by atoms with Gasteiger partial charge in [-0.25, -0.2) is 0 Å². The van der Waals surface area contributed by atoms with E-state index in [1.165, 1.54) is 0 Å². The first-order valence-corrected chi connectivity index (χ1v) is 9.65. The van der Waals surface area contributed by atoms with Gasteiger partial charge in [-0.05, 0) is 49.9 Å². The third-order valence-electron chi connectivity index (χ3n) is 5.29. The lowest BCUT2D eigenvalue weighted by Crippen LogP contribution is -2.43. The number of nitrogens with two attached hydrogens (primary N) is 1. The van der Waals surface area contributed by atoms with Gasteiger partial charge in [-0.1, -0.05) is 31.7 Å². The Labute approximate surface area is 150 Å². The molecule has 0 aromatic heterocycles. The smallest absolute Gasteiger partial charge is 0.220 e. The minimum atomic E-state index is -0.246. The van der Waals surface area contributed by atoms with Gasteiger partial charge in [0.25, 0.3) is 0 Å².